The molecule has 0 aromatic carbocycles. The molecule has 3 heteroatoms. The maximum absolute atomic E-state index is 4.06. The van der Waals surface area contributed by atoms with E-state index in [-0.39, 0.29) is 0 Å². The van der Waals surface area contributed by atoms with Crippen LogP contribution in [0.4, 0.5) is 0 Å². The highest BCUT2D eigenvalue weighted by Crippen LogP contribution is 2.18. The SMILES string of the molecule is C=CC(C)S[13c]1ncc[nH]1. The number of thioether (sulfide) groups is 1. The Kier molecular flexibility index (Phi) is 2.57. The van der Waals surface area contributed by atoms with E-state index in [1.165, 1.54) is 0 Å². The Morgan fingerprint density at radius 2 is 2.70 bits per heavy atom. The van der Waals surface area contributed by atoms with Gasteiger partial charge in [-0.15, -0.1) is 6.58 Å². The molecule has 0 saturated carbocycles. The summed E-state index contributed by atoms with van der Waals surface area (Å²) in [5, 5.41) is 1.37. The number of H-pyrrole nitrogens is 1. The fourth-order valence-electron chi connectivity index (χ4n) is 0.539. The van der Waals surface area contributed by atoms with Gasteiger partial charge in [0.2, 0.25) is 0 Å². The molecule has 1 aromatic heterocycles. The molecular weight excluding hydrogens is 145 g/mol. The lowest BCUT2D eigenvalue weighted by Gasteiger charge is -1.99. The zero-order valence-corrected chi connectivity index (χ0v) is 6.69. The second-order valence-corrected chi connectivity index (χ2v) is 3.32. The minimum absolute atomic E-state index is 0.422. The highest BCUT2D eigenvalue weighted by molar-refractivity contribution is 7.99. The van der Waals surface area contributed by atoms with Gasteiger partial charge in [-0.25, -0.2) is 4.98 Å². The first-order valence-corrected chi connectivity index (χ1v) is 3.99. The first-order chi connectivity index (χ1) is 4.83. The van der Waals surface area contributed by atoms with Crippen LogP contribution >= 0.6 is 11.8 Å². The summed E-state index contributed by atoms with van der Waals surface area (Å²) in [6, 6.07) is 0. The lowest BCUT2D eigenvalue weighted by Crippen LogP contribution is -1.88. The Morgan fingerprint density at radius 1 is 1.90 bits per heavy atom. The lowest BCUT2D eigenvalue weighted by molar-refractivity contribution is 1.05. The fourth-order valence-corrected chi connectivity index (χ4v) is 1.25. The molecule has 1 heterocycles. The number of nitrogens with one attached hydrogen (secondary N) is 1. The Balaban J connectivity index is 2.47. The summed E-state index contributed by atoms with van der Waals surface area (Å²) >= 11 is 1.67. The van der Waals surface area contributed by atoms with Gasteiger partial charge in [-0.1, -0.05) is 17.8 Å². The van der Waals surface area contributed by atoms with E-state index in [0.29, 0.717) is 5.25 Å². The van der Waals surface area contributed by atoms with Crippen molar-refractivity contribution in [1.82, 2.24) is 9.97 Å². The van der Waals surface area contributed by atoms with Gasteiger partial charge in [0.1, 0.15) is 0 Å². The Hall–Kier alpha value is -0.700. The molecule has 0 aliphatic carbocycles. The maximum atomic E-state index is 4.06. The minimum Gasteiger partial charge on any atom is -0.340 e. The van der Waals surface area contributed by atoms with Crippen LogP contribution in [0.5, 0.6) is 0 Å². The van der Waals surface area contributed by atoms with E-state index in [1.807, 2.05) is 12.3 Å². The lowest BCUT2D eigenvalue weighted by atomic mass is 10.5. The van der Waals surface area contributed by atoms with E-state index in [4.69, 9.17) is 0 Å². The van der Waals surface area contributed by atoms with Gasteiger partial charge in [-0.05, 0) is 6.92 Å². The van der Waals surface area contributed by atoms with Crippen molar-refractivity contribution in [3.8, 4) is 0 Å². The first-order valence-electron chi connectivity index (χ1n) is 3.11. The van der Waals surface area contributed by atoms with Gasteiger partial charge in [-0.2, -0.15) is 0 Å². The smallest absolute Gasteiger partial charge is 0.165 e. The van der Waals surface area contributed by atoms with Crippen molar-refractivity contribution in [2.45, 2.75) is 17.3 Å². The molecule has 1 atom stereocenters. The van der Waals surface area contributed by atoms with Crippen LogP contribution in [0.3, 0.4) is 0 Å². The molecule has 1 unspecified atom stereocenters. The van der Waals surface area contributed by atoms with Crippen molar-refractivity contribution < 1.29 is 0 Å². The molecular formula is C7H10N2S. The van der Waals surface area contributed by atoms with E-state index in [9.17, 15) is 0 Å². The van der Waals surface area contributed by atoms with E-state index < -0.39 is 0 Å². The summed E-state index contributed by atoms with van der Waals surface area (Å²) in [4.78, 5) is 7.07. The standard InChI is InChI=1S/C7H10N2S/c1-3-6(2)10-7-8-4-5-9-7/h3-6H,1H2,2H3,(H,8,9)/i7+1. The Bertz CT molecular complexity index is 193. The molecule has 0 amide bonds. The van der Waals surface area contributed by atoms with Crippen LogP contribution in [-0.4, -0.2) is 15.2 Å². The molecule has 54 valence electrons. The molecule has 0 spiro atoms. The predicted molar refractivity (Wildman–Crippen MR) is 44.1 cm³/mol. The molecule has 0 radical (unpaired) electrons. The van der Waals surface area contributed by atoms with Crippen molar-refractivity contribution in [2.75, 3.05) is 0 Å². The number of aromatic nitrogens is 2. The van der Waals surface area contributed by atoms with Crippen LogP contribution in [0.25, 0.3) is 0 Å². The van der Waals surface area contributed by atoms with Gasteiger partial charge >= 0.3 is 0 Å². The second kappa shape index (κ2) is 3.46. The van der Waals surface area contributed by atoms with E-state index in [2.05, 4.69) is 23.5 Å². The van der Waals surface area contributed by atoms with Crippen molar-refractivity contribution in [3.05, 3.63) is 25.0 Å². The third kappa shape index (κ3) is 1.92. The maximum Gasteiger partial charge on any atom is 0.165 e. The normalized spacial score (nSPS) is 12.9. The van der Waals surface area contributed by atoms with Crippen LogP contribution in [0.15, 0.2) is 30.2 Å². The van der Waals surface area contributed by atoms with Crippen LogP contribution in [0.1, 0.15) is 6.92 Å². The van der Waals surface area contributed by atoms with Gasteiger partial charge in [0, 0.05) is 17.6 Å². The van der Waals surface area contributed by atoms with Gasteiger partial charge < -0.3 is 4.98 Å². The molecule has 0 fully saturated rings. The summed E-state index contributed by atoms with van der Waals surface area (Å²) < 4.78 is 0. The quantitative estimate of drug-likeness (QED) is 0.534. The summed E-state index contributed by atoms with van der Waals surface area (Å²) in [5.41, 5.74) is 0. The van der Waals surface area contributed by atoms with Crippen molar-refractivity contribution in [3.63, 3.8) is 0 Å². The highest BCUT2D eigenvalue weighted by atomic mass is 32.2. The molecule has 1 N–H and O–H groups in total. The van der Waals surface area contributed by atoms with Crippen LogP contribution in [-0.2, 0) is 0 Å². The topological polar surface area (TPSA) is 28.7 Å². The number of rotatable bonds is 3. The first kappa shape index (κ1) is 7.41. The molecule has 1 aromatic rings. The molecule has 0 aliphatic rings. The third-order valence-corrected chi connectivity index (χ3v) is 2.11. The van der Waals surface area contributed by atoms with Gasteiger partial charge in [0.05, 0.1) is 0 Å². The van der Waals surface area contributed by atoms with E-state index in [0.717, 1.165) is 5.16 Å². The molecule has 0 bridgehead atoms. The molecule has 0 aliphatic heterocycles. The van der Waals surface area contributed by atoms with Crippen molar-refractivity contribution in [2.24, 2.45) is 0 Å². The fraction of sp³-hybridized carbons (Fsp3) is 0.286. The number of hydrogen-bond acceptors (Lipinski definition) is 2. The van der Waals surface area contributed by atoms with Crippen LogP contribution in [0, 0.1) is 0 Å². The van der Waals surface area contributed by atoms with Crippen LogP contribution in [0.2, 0.25) is 0 Å². The average Bonchev–Trinajstić information content (AvgIpc) is 2.40. The monoisotopic (exact) mass is 155 g/mol. The average molecular weight is 155 g/mol. The van der Waals surface area contributed by atoms with Crippen molar-refractivity contribution >= 4 is 11.8 Å². The molecule has 10 heavy (non-hydrogen) atoms. The molecule has 1 rings (SSSR count). The third-order valence-electron chi connectivity index (χ3n) is 1.10. The zero-order chi connectivity index (χ0) is 7.40. The minimum atomic E-state index is 0.422. The highest BCUT2D eigenvalue weighted by Gasteiger charge is 1.99. The zero-order valence-electron chi connectivity index (χ0n) is 5.87. The van der Waals surface area contributed by atoms with Gasteiger partial charge in [0.15, 0.2) is 5.16 Å². The number of nitrogens with zero attached hydrogens (tertiary/aromatic N) is 1. The van der Waals surface area contributed by atoms with Crippen molar-refractivity contribution in [1.29, 1.82) is 0 Å². The Labute approximate surface area is 64.8 Å². The van der Waals surface area contributed by atoms with Crippen LogP contribution < -0.4 is 0 Å². The van der Waals surface area contributed by atoms with E-state index in [1.54, 1.807) is 18.0 Å². The summed E-state index contributed by atoms with van der Waals surface area (Å²) in [7, 11) is 0. The van der Waals surface area contributed by atoms with E-state index >= 15 is 0 Å². The summed E-state index contributed by atoms with van der Waals surface area (Å²) in [6.07, 6.45) is 5.46. The summed E-state index contributed by atoms with van der Waals surface area (Å²) in [6.45, 7) is 5.76. The predicted octanol–water partition coefficient (Wildman–Crippen LogP) is 2.08. The number of aromatic amines is 1. The number of hydrogen-bond donors (Lipinski definition) is 1. The number of imidazole rings is 1. The summed E-state index contributed by atoms with van der Waals surface area (Å²) in [5.74, 6) is 0. The largest absolute Gasteiger partial charge is 0.340 e. The molecule has 2 nitrogen and oxygen atoms in total. The van der Waals surface area contributed by atoms with Gasteiger partial charge in [-0.3, -0.25) is 0 Å². The van der Waals surface area contributed by atoms with Gasteiger partial charge in [0.25, 0.3) is 0 Å². The second-order valence-electron chi connectivity index (χ2n) is 1.95. The molecule has 0 saturated heterocycles. The Morgan fingerprint density at radius 3 is 3.20 bits per heavy atom.